The van der Waals surface area contributed by atoms with Crippen molar-refractivity contribution in [3.05, 3.63) is 36.3 Å². The van der Waals surface area contributed by atoms with Crippen molar-refractivity contribution in [1.29, 1.82) is 0 Å². The number of hydrogen-bond donors (Lipinski definition) is 1. The number of aromatic nitrogens is 1. The second-order valence-corrected chi connectivity index (χ2v) is 2.59. The molecule has 0 aliphatic rings. The molecule has 0 aliphatic heterocycles. The van der Waals surface area contributed by atoms with Gasteiger partial charge in [-0.3, -0.25) is 4.98 Å². The first-order valence-corrected chi connectivity index (χ1v) is 4.72. The molecule has 0 atom stereocenters. The standard InChI is InChI=1S/C9H7FN2O.C2H6/c10-6-1-2-8-7(5-6)9(13-11)3-4-12-8;1-2/h1-5H,11H2;1-2H3. The number of rotatable bonds is 1. The summed E-state index contributed by atoms with van der Waals surface area (Å²) in [4.78, 5) is 8.60. The van der Waals surface area contributed by atoms with E-state index in [1.807, 2.05) is 13.8 Å². The van der Waals surface area contributed by atoms with Gasteiger partial charge in [0.15, 0.2) is 5.75 Å². The fourth-order valence-electron chi connectivity index (χ4n) is 1.20. The smallest absolute Gasteiger partial charge is 0.157 e. The molecule has 2 N–H and O–H groups in total. The molecular weight excluding hydrogens is 195 g/mol. The maximum absolute atomic E-state index is 12.8. The van der Waals surface area contributed by atoms with Crippen molar-refractivity contribution in [3.8, 4) is 5.75 Å². The second kappa shape index (κ2) is 5.26. The molecular formula is C11H13FN2O. The van der Waals surface area contributed by atoms with E-state index in [4.69, 9.17) is 5.90 Å². The monoisotopic (exact) mass is 208 g/mol. The summed E-state index contributed by atoms with van der Waals surface area (Å²) < 4.78 is 12.8. The Bertz CT molecular complexity index is 446. The first-order chi connectivity index (χ1) is 7.31. The van der Waals surface area contributed by atoms with E-state index in [0.29, 0.717) is 16.7 Å². The van der Waals surface area contributed by atoms with Gasteiger partial charge in [0.1, 0.15) is 5.82 Å². The molecule has 0 unspecified atom stereocenters. The summed E-state index contributed by atoms with van der Waals surface area (Å²) in [5.74, 6) is 5.10. The molecule has 80 valence electrons. The summed E-state index contributed by atoms with van der Waals surface area (Å²) in [7, 11) is 0. The van der Waals surface area contributed by atoms with Gasteiger partial charge in [0.25, 0.3) is 0 Å². The van der Waals surface area contributed by atoms with Gasteiger partial charge in [0.2, 0.25) is 0 Å². The fraction of sp³-hybridized carbons (Fsp3) is 0.182. The van der Waals surface area contributed by atoms with Gasteiger partial charge in [-0.15, -0.1) is 0 Å². The maximum Gasteiger partial charge on any atom is 0.157 e. The topological polar surface area (TPSA) is 48.1 Å². The summed E-state index contributed by atoms with van der Waals surface area (Å²) in [5.41, 5.74) is 0.657. The van der Waals surface area contributed by atoms with Gasteiger partial charge < -0.3 is 4.84 Å². The largest absolute Gasteiger partial charge is 0.411 e. The molecule has 1 aromatic heterocycles. The van der Waals surface area contributed by atoms with Crippen LogP contribution in [0.5, 0.6) is 5.75 Å². The number of fused-ring (bicyclic) bond motifs is 1. The van der Waals surface area contributed by atoms with Crippen molar-refractivity contribution in [1.82, 2.24) is 4.98 Å². The van der Waals surface area contributed by atoms with Crippen LogP contribution in [0.25, 0.3) is 10.9 Å². The Morgan fingerprint density at radius 2 is 2.00 bits per heavy atom. The molecule has 15 heavy (non-hydrogen) atoms. The van der Waals surface area contributed by atoms with Crippen LogP contribution in [0.2, 0.25) is 0 Å². The van der Waals surface area contributed by atoms with Crippen molar-refractivity contribution in [2.24, 2.45) is 5.90 Å². The summed E-state index contributed by atoms with van der Waals surface area (Å²) in [6, 6.07) is 5.84. The third-order valence-corrected chi connectivity index (χ3v) is 1.79. The molecule has 2 rings (SSSR count). The minimum atomic E-state index is -0.334. The van der Waals surface area contributed by atoms with Gasteiger partial charge in [-0.05, 0) is 18.2 Å². The number of hydrogen-bond acceptors (Lipinski definition) is 3. The normalized spacial score (nSPS) is 9.33. The first-order valence-electron chi connectivity index (χ1n) is 4.72. The summed E-state index contributed by atoms with van der Waals surface area (Å²) in [6.45, 7) is 4.00. The fourth-order valence-corrected chi connectivity index (χ4v) is 1.20. The van der Waals surface area contributed by atoms with E-state index in [0.717, 1.165) is 0 Å². The second-order valence-electron chi connectivity index (χ2n) is 2.59. The minimum Gasteiger partial charge on any atom is -0.411 e. The zero-order valence-corrected chi connectivity index (χ0v) is 8.70. The van der Waals surface area contributed by atoms with Gasteiger partial charge in [0, 0.05) is 17.6 Å². The highest BCUT2D eigenvalue weighted by Crippen LogP contribution is 2.23. The molecule has 0 saturated heterocycles. The van der Waals surface area contributed by atoms with Gasteiger partial charge in [0.05, 0.1) is 5.52 Å². The molecule has 0 bridgehead atoms. The third kappa shape index (κ3) is 2.41. The van der Waals surface area contributed by atoms with Crippen LogP contribution in [0.4, 0.5) is 4.39 Å². The first kappa shape index (κ1) is 11.4. The predicted octanol–water partition coefficient (Wildman–Crippen LogP) is 2.65. The third-order valence-electron chi connectivity index (χ3n) is 1.79. The Morgan fingerprint density at radius 1 is 1.27 bits per heavy atom. The summed E-state index contributed by atoms with van der Waals surface area (Å²) >= 11 is 0. The van der Waals surface area contributed by atoms with Crippen LogP contribution in [0.1, 0.15) is 13.8 Å². The molecule has 1 heterocycles. The van der Waals surface area contributed by atoms with E-state index in [1.54, 1.807) is 18.3 Å². The minimum absolute atomic E-state index is 0.334. The van der Waals surface area contributed by atoms with E-state index in [-0.39, 0.29) is 5.82 Å². The number of halogens is 1. The summed E-state index contributed by atoms with van der Waals surface area (Å²) in [5, 5.41) is 0.574. The van der Waals surface area contributed by atoms with Crippen molar-refractivity contribution in [2.75, 3.05) is 0 Å². The number of nitrogens with zero attached hydrogens (tertiary/aromatic N) is 1. The zero-order valence-electron chi connectivity index (χ0n) is 8.70. The lowest BCUT2D eigenvalue weighted by molar-refractivity contribution is 0.338. The van der Waals surface area contributed by atoms with Crippen LogP contribution in [0, 0.1) is 5.82 Å². The molecule has 0 amide bonds. The Kier molecular flexibility index (Phi) is 4.00. The van der Waals surface area contributed by atoms with E-state index < -0.39 is 0 Å². The highest BCUT2D eigenvalue weighted by atomic mass is 19.1. The zero-order chi connectivity index (χ0) is 11.3. The quantitative estimate of drug-likeness (QED) is 0.733. The average Bonchev–Trinajstić information content (AvgIpc) is 2.31. The van der Waals surface area contributed by atoms with E-state index in [9.17, 15) is 4.39 Å². The lowest BCUT2D eigenvalue weighted by Gasteiger charge is -2.02. The van der Waals surface area contributed by atoms with Crippen molar-refractivity contribution in [2.45, 2.75) is 13.8 Å². The van der Waals surface area contributed by atoms with Crippen LogP contribution in [0.15, 0.2) is 30.5 Å². The predicted molar refractivity (Wildman–Crippen MR) is 57.9 cm³/mol. The van der Waals surface area contributed by atoms with Gasteiger partial charge in [-0.25, -0.2) is 4.39 Å². The summed E-state index contributed by atoms with van der Waals surface area (Å²) in [6.07, 6.45) is 1.56. The molecule has 4 heteroatoms. The molecule has 0 spiro atoms. The van der Waals surface area contributed by atoms with Gasteiger partial charge >= 0.3 is 0 Å². The SMILES string of the molecule is CC.NOc1ccnc2ccc(F)cc12. The van der Waals surface area contributed by atoms with Crippen LogP contribution in [-0.2, 0) is 0 Å². The Balaban J connectivity index is 0.000000531. The number of pyridine rings is 1. The molecule has 2 aromatic rings. The van der Waals surface area contributed by atoms with Crippen molar-refractivity contribution in [3.63, 3.8) is 0 Å². The van der Waals surface area contributed by atoms with Gasteiger partial charge in [-0.1, -0.05) is 13.8 Å². The lowest BCUT2D eigenvalue weighted by atomic mass is 10.2. The average molecular weight is 208 g/mol. The van der Waals surface area contributed by atoms with Crippen LogP contribution in [-0.4, -0.2) is 4.98 Å². The van der Waals surface area contributed by atoms with Crippen LogP contribution < -0.4 is 10.7 Å². The van der Waals surface area contributed by atoms with Crippen molar-refractivity contribution >= 4 is 10.9 Å². The number of nitrogens with two attached hydrogens (primary N) is 1. The van der Waals surface area contributed by atoms with E-state index in [2.05, 4.69) is 9.82 Å². The van der Waals surface area contributed by atoms with E-state index >= 15 is 0 Å². The highest BCUT2D eigenvalue weighted by molar-refractivity contribution is 5.84. The highest BCUT2D eigenvalue weighted by Gasteiger charge is 2.02. The molecule has 3 nitrogen and oxygen atoms in total. The molecule has 0 fully saturated rings. The molecule has 0 saturated carbocycles. The lowest BCUT2D eigenvalue weighted by Crippen LogP contribution is -2.02. The van der Waals surface area contributed by atoms with Crippen LogP contribution >= 0.6 is 0 Å². The Morgan fingerprint density at radius 3 is 2.67 bits per heavy atom. The van der Waals surface area contributed by atoms with Crippen molar-refractivity contribution < 1.29 is 9.23 Å². The Labute approximate surface area is 87.6 Å². The maximum atomic E-state index is 12.8. The molecule has 1 aromatic carbocycles. The number of benzene rings is 1. The van der Waals surface area contributed by atoms with Crippen LogP contribution in [0.3, 0.4) is 0 Å². The molecule has 0 radical (unpaired) electrons. The van der Waals surface area contributed by atoms with E-state index in [1.165, 1.54) is 12.1 Å². The van der Waals surface area contributed by atoms with Gasteiger partial charge in [-0.2, -0.15) is 5.90 Å². The molecule has 0 aliphatic carbocycles. The Hall–Kier alpha value is -1.68.